The summed E-state index contributed by atoms with van der Waals surface area (Å²) in [6.07, 6.45) is 2.99. The van der Waals surface area contributed by atoms with Crippen LogP contribution in [0.4, 0.5) is 0 Å². The van der Waals surface area contributed by atoms with E-state index in [1.54, 1.807) is 12.0 Å². The predicted molar refractivity (Wildman–Crippen MR) is 66.0 cm³/mol. The number of nitrogens with one attached hydrogen (secondary N) is 1. The van der Waals surface area contributed by atoms with Gasteiger partial charge in [-0.05, 0) is 25.8 Å². The van der Waals surface area contributed by atoms with E-state index in [1.165, 1.54) is 0 Å². The molecule has 0 radical (unpaired) electrons. The zero-order valence-electron chi connectivity index (χ0n) is 10.9. The second kappa shape index (κ2) is 8.44. The van der Waals surface area contributed by atoms with Crippen molar-refractivity contribution < 1.29 is 14.3 Å². The van der Waals surface area contributed by atoms with Gasteiger partial charge in [-0.15, -0.1) is 0 Å². The molecule has 1 atom stereocenters. The topological polar surface area (TPSA) is 50.8 Å². The first-order valence-corrected chi connectivity index (χ1v) is 6.30. The molecule has 1 unspecified atom stereocenters. The number of methoxy groups -OCH3 is 1. The summed E-state index contributed by atoms with van der Waals surface area (Å²) >= 11 is 0. The first kappa shape index (κ1) is 14.4. The van der Waals surface area contributed by atoms with E-state index in [-0.39, 0.29) is 11.9 Å². The molecular formula is C12H24N2O3. The summed E-state index contributed by atoms with van der Waals surface area (Å²) in [7, 11) is 3.52. The first-order chi connectivity index (χ1) is 8.25. The molecule has 0 bridgehead atoms. The molecule has 5 nitrogen and oxygen atoms in total. The van der Waals surface area contributed by atoms with Crippen LogP contribution in [-0.4, -0.2) is 63.9 Å². The van der Waals surface area contributed by atoms with Gasteiger partial charge in [-0.3, -0.25) is 4.79 Å². The van der Waals surface area contributed by atoms with Crippen molar-refractivity contribution >= 4 is 5.91 Å². The molecule has 1 amide bonds. The van der Waals surface area contributed by atoms with E-state index in [2.05, 4.69) is 5.32 Å². The van der Waals surface area contributed by atoms with Crippen molar-refractivity contribution in [2.24, 2.45) is 0 Å². The van der Waals surface area contributed by atoms with Crippen molar-refractivity contribution in [2.75, 3.05) is 47.1 Å². The Bertz CT molecular complexity index is 224. The van der Waals surface area contributed by atoms with Gasteiger partial charge in [0.1, 0.15) is 0 Å². The van der Waals surface area contributed by atoms with E-state index in [0.29, 0.717) is 13.2 Å². The van der Waals surface area contributed by atoms with E-state index in [0.717, 1.165) is 39.0 Å². The van der Waals surface area contributed by atoms with E-state index >= 15 is 0 Å². The van der Waals surface area contributed by atoms with Gasteiger partial charge >= 0.3 is 0 Å². The molecule has 17 heavy (non-hydrogen) atoms. The summed E-state index contributed by atoms with van der Waals surface area (Å²) in [5.41, 5.74) is 0. The fourth-order valence-electron chi connectivity index (χ4n) is 1.86. The van der Waals surface area contributed by atoms with E-state index in [4.69, 9.17) is 9.47 Å². The van der Waals surface area contributed by atoms with Crippen LogP contribution in [0.2, 0.25) is 0 Å². The molecule has 5 heteroatoms. The third-order valence-corrected chi connectivity index (χ3v) is 2.97. The van der Waals surface area contributed by atoms with E-state index in [9.17, 15) is 4.79 Å². The van der Waals surface area contributed by atoms with Crippen LogP contribution in [0.3, 0.4) is 0 Å². The highest BCUT2D eigenvalue weighted by atomic mass is 16.5. The molecule has 100 valence electrons. The highest BCUT2D eigenvalue weighted by molar-refractivity contribution is 5.83. The summed E-state index contributed by atoms with van der Waals surface area (Å²) in [5.74, 6) is 0.223. The van der Waals surface area contributed by atoms with Crippen LogP contribution in [0.5, 0.6) is 0 Å². The highest BCUT2D eigenvalue weighted by Gasteiger charge is 2.27. The van der Waals surface area contributed by atoms with Crippen LogP contribution < -0.4 is 5.32 Å². The quantitative estimate of drug-likeness (QED) is 0.591. The fraction of sp³-hybridized carbons (Fsp3) is 0.917. The summed E-state index contributed by atoms with van der Waals surface area (Å²) in [6, 6.07) is 0.0365. The molecule has 1 heterocycles. The molecule has 1 N–H and O–H groups in total. The second-order valence-electron chi connectivity index (χ2n) is 4.37. The standard InChI is InChI=1S/C12H24N2O3/c1-14-7-5-11(12(14)15)13-6-3-4-8-17-10-9-16-2/h11,13H,3-10H2,1-2H3. The molecule has 0 aromatic heterocycles. The van der Waals surface area contributed by atoms with E-state index < -0.39 is 0 Å². The smallest absolute Gasteiger partial charge is 0.239 e. The molecule has 0 aliphatic carbocycles. The molecule has 1 rings (SSSR count). The third-order valence-electron chi connectivity index (χ3n) is 2.97. The van der Waals surface area contributed by atoms with Gasteiger partial charge in [0, 0.05) is 27.3 Å². The first-order valence-electron chi connectivity index (χ1n) is 6.30. The SMILES string of the molecule is COCCOCCCCNC1CCN(C)C1=O. The summed E-state index contributed by atoms with van der Waals surface area (Å²) < 4.78 is 10.2. The monoisotopic (exact) mass is 244 g/mol. The maximum atomic E-state index is 11.6. The number of hydrogen-bond donors (Lipinski definition) is 1. The molecule has 1 saturated heterocycles. The zero-order chi connectivity index (χ0) is 12.5. The van der Waals surface area contributed by atoms with Crippen LogP contribution in [0.25, 0.3) is 0 Å². The zero-order valence-corrected chi connectivity index (χ0v) is 10.9. The van der Waals surface area contributed by atoms with E-state index in [1.807, 2.05) is 7.05 Å². The largest absolute Gasteiger partial charge is 0.382 e. The van der Waals surface area contributed by atoms with Gasteiger partial charge in [-0.2, -0.15) is 0 Å². The number of carbonyl (C=O) groups is 1. The Balaban J connectivity index is 1.89. The number of likely N-dealkylation sites (N-methyl/N-ethyl adjacent to an activating group) is 1. The van der Waals surface area contributed by atoms with Crippen LogP contribution in [-0.2, 0) is 14.3 Å². The number of amides is 1. The minimum atomic E-state index is 0.0365. The number of ether oxygens (including phenoxy) is 2. The minimum Gasteiger partial charge on any atom is -0.382 e. The average molecular weight is 244 g/mol. The number of unbranched alkanes of at least 4 members (excludes halogenated alkanes) is 1. The van der Waals surface area contributed by atoms with Crippen molar-refractivity contribution in [2.45, 2.75) is 25.3 Å². The Morgan fingerprint density at radius 1 is 1.35 bits per heavy atom. The number of carbonyl (C=O) groups excluding carboxylic acids is 1. The second-order valence-corrected chi connectivity index (χ2v) is 4.37. The fourth-order valence-corrected chi connectivity index (χ4v) is 1.86. The van der Waals surface area contributed by atoms with Gasteiger partial charge in [0.05, 0.1) is 19.3 Å². The summed E-state index contributed by atoms with van der Waals surface area (Å²) in [4.78, 5) is 13.4. The lowest BCUT2D eigenvalue weighted by Crippen LogP contribution is -2.37. The number of hydrogen-bond acceptors (Lipinski definition) is 4. The van der Waals surface area contributed by atoms with Crippen molar-refractivity contribution in [3.8, 4) is 0 Å². The molecule has 1 fully saturated rings. The Morgan fingerprint density at radius 2 is 2.18 bits per heavy atom. The highest BCUT2D eigenvalue weighted by Crippen LogP contribution is 2.08. The Kier molecular flexibility index (Phi) is 7.16. The molecule has 0 spiro atoms. The molecular weight excluding hydrogens is 220 g/mol. The van der Waals surface area contributed by atoms with Gasteiger partial charge < -0.3 is 19.7 Å². The van der Waals surface area contributed by atoms with Crippen molar-refractivity contribution in [1.29, 1.82) is 0 Å². The van der Waals surface area contributed by atoms with Gasteiger partial charge in [0.25, 0.3) is 0 Å². The summed E-state index contributed by atoms with van der Waals surface area (Å²) in [5, 5.41) is 3.29. The molecule has 0 aromatic carbocycles. The normalized spacial score (nSPS) is 20.2. The van der Waals surface area contributed by atoms with Crippen molar-refractivity contribution in [3.63, 3.8) is 0 Å². The van der Waals surface area contributed by atoms with Crippen LogP contribution in [0, 0.1) is 0 Å². The van der Waals surface area contributed by atoms with Crippen LogP contribution >= 0.6 is 0 Å². The van der Waals surface area contributed by atoms with Gasteiger partial charge in [0.15, 0.2) is 0 Å². The molecule has 0 saturated carbocycles. The Labute approximate surface area is 103 Å². The Morgan fingerprint density at radius 3 is 2.82 bits per heavy atom. The van der Waals surface area contributed by atoms with Gasteiger partial charge in [-0.25, -0.2) is 0 Å². The minimum absolute atomic E-state index is 0.0365. The lowest BCUT2D eigenvalue weighted by Gasteiger charge is -2.11. The Hall–Kier alpha value is -0.650. The molecule has 0 aromatic rings. The maximum Gasteiger partial charge on any atom is 0.239 e. The molecule has 1 aliphatic heterocycles. The predicted octanol–water partition coefficient (Wildman–Crippen LogP) is 0.250. The third kappa shape index (κ3) is 5.48. The molecule has 1 aliphatic rings. The lowest BCUT2D eigenvalue weighted by atomic mass is 10.2. The van der Waals surface area contributed by atoms with Gasteiger partial charge in [0.2, 0.25) is 5.91 Å². The number of likely N-dealkylation sites (tertiary alicyclic amines) is 1. The van der Waals surface area contributed by atoms with Crippen LogP contribution in [0.15, 0.2) is 0 Å². The number of nitrogens with zero attached hydrogens (tertiary/aromatic N) is 1. The summed E-state index contributed by atoms with van der Waals surface area (Å²) in [6.45, 7) is 3.84. The lowest BCUT2D eigenvalue weighted by molar-refractivity contribution is -0.128. The average Bonchev–Trinajstić information content (AvgIpc) is 2.64. The van der Waals surface area contributed by atoms with Crippen LogP contribution in [0.1, 0.15) is 19.3 Å². The van der Waals surface area contributed by atoms with Crippen molar-refractivity contribution in [3.05, 3.63) is 0 Å². The maximum absolute atomic E-state index is 11.6. The van der Waals surface area contributed by atoms with Gasteiger partial charge in [-0.1, -0.05) is 0 Å². The number of rotatable bonds is 9. The van der Waals surface area contributed by atoms with Crippen molar-refractivity contribution in [1.82, 2.24) is 10.2 Å².